The van der Waals surface area contributed by atoms with Crippen LogP contribution in [0.15, 0.2) is 24.4 Å². The third kappa shape index (κ3) is 3.82. The number of aromatic nitrogens is 1. The lowest BCUT2D eigenvalue weighted by atomic mass is 10.1. The predicted molar refractivity (Wildman–Crippen MR) is 86.0 cm³/mol. The summed E-state index contributed by atoms with van der Waals surface area (Å²) in [6, 6.07) is 5.91. The molecular formula is C16H20N2O2S. The van der Waals surface area contributed by atoms with Crippen molar-refractivity contribution in [2.45, 2.75) is 33.7 Å². The third-order valence-electron chi connectivity index (χ3n) is 3.18. The largest absolute Gasteiger partial charge is 0.462 e. The lowest BCUT2D eigenvalue weighted by Gasteiger charge is -2.14. The summed E-state index contributed by atoms with van der Waals surface area (Å²) in [6.45, 7) is 8.50. The summed E-state index contributed by atoms with van der Waals surface area (Å²) in [7, 11) is 0. The number of rotatable bonds is 5. The molecule has 0 aliphatic heterocycles. The Hall–Kier alpha value is -1.88. The minimum absolute atomic E-state index is 0.177. The highest BCUT2D eigenvalue weighted by Crippen LogP contribution is 2.28. The third-order valence-corrected chi connectivity index (χ3v) is 4.17. The number of aryl methyl sites for hydroxylation is 2. The molecular weight excluding hydrogens is 284 g/mol. The van der Waals surface area contributed by atoms with E-state index < -0.39 is 0 Å². The van der Waals surface area contributed by atoms with Gasteiger partial charge in [-0.25, -0.2) is 9.78 Å². The lowest BCUT2D eigenvalue weighted by Crippen LogP contribution is -2.09. The Balaban J connectivity index is 2.06. The molecule has 0 spiro atoms. The standard InChI is InChI=1S/C16H20N2O2S/c1-5-20-16(19)13-6-7-15(17-9-13)18-11(3)14-8-10(2)21-12(14)4/h6-9,11H,5H2,1-4H3,(H,17,18). The number of thiophene rings is 1. The second-order valence-corrected chi connectivity index (χ2v) is 6.35. The van der Waals surface area contributed by atoms with Crippen LogP contribution in [0.5, 0.6) is 0 Å². The van der Waals surface area contributed by atoms with E-state index in [1.54, 1.807) is 36.6 Å². The molecule has 1 N–H and O–H groups in total. The summed E-state index contributed by atoms with van der Waals surface area (Å²) in [4.78, 5) is 18.5. The molecule has 112 valence electrons. The molecule has 0 saturated carbocycles. The second-order valence-electron chi connectivity index (χ2n) is 4.89. The summed E-state index contributed by atoms with van der Waals surface area (Å²) < 4.78 is 4.94. The molecule has 0 aliphatic rings. The second kappa shape index (κ2) is 6.72. The van der Waals surface area contributed by atoms with E-state index in [0.717, 1.165) is 5.82 Å². The van der Waals surface area contributed by atoms with Crippen molar-refractivity contribution in [3.8, 4) is 0 Å². The highest BCUT2D eigenvalue weighted by atomic mass is 32.1. The number of pyridine rings is 1. The summed E-state index contributed by atoms with van der Waals surface area (Å²) in [5.41, 5.74) is 1.76. The van der Waals surface area contributed by atoms with Crippen molar-refractivity contribution in [1.82, 2.24) is 4.98 Å². The number of hydrogen-bond donors (Lipinski definition) is 1. The van der Waals surface area contributed by atoms with E-state index in [9.17, 15) is 4.79 Å². The molecule has 5 heteroatoms. The number of carbonyl (C=O) groups is 1. The molecule has 2 rings (SSSR count). The van der Waals surface area contributed by atoms with Gasteiger partial charge in [0.2, 0.25) is 0 Å². The average Bonchev–Trinajstić information content (AvgIpc) is 2.79. The van der Waals surface area contributed by atoms with Crippen molar-refractivity contribution in [3.63, 3.8) is 0 Å². The molecule has 0 fully saturated rings. The fourth-order valence-electron chi connectivity index (χ4n) is 2.19. The van der Waals surface area contributed by atoms with Crippen LogP contribution in [0, 0.1) is 13.8 Å². The molecule has 2 aromatic rings. The number of hydrogen-bond acceptors (Lipinski definition) is 5. The van der Waals surface area contributed by atoms with E-state index in [0.29, 0.717) is 12.2 Å². The van der Waals surface area contributed by atoms with Gasteiger partial charge >= 0.3 is 5.97 Å². The van der Waals surface area contributed by atoms with Crippen LogP contribution in [-0.2, 0) is 4.74 Å². The molecule has 0 aromatic carbocycles. The molecule has 2 heterocycles. The maximum absolute atomic E-state index is 11.6. The number of nitrogens with one attached hydrogen (secondary N) is 1. The van der Waals surface area contributed by atoms with Gasteiger partial charge in [0.25, 0.3) is 0 Å². The molecule has 0 amide bonds. The van der Waals surface area contributed by atoms with Gasteiger partial charge in [-0.3, -0.25) is 0 Å². The lowest BCUT2D eigenvalue weighted by molar-refractivity contribution is 0.0526. The molecule has 2 aromatic heterocycles. The van der Waals surface area contributed by atoms with E-state index >= 15 is 0 Å². The quantitative estimate of drug-likeness (QED) is 0.845. The zero-order chi connectivity index (χ0) is 15.4. The van der Waals surface area contributed by atoms with Gasteiger partial charge in [0.15, 0.2) is 0 Å². The fourth-order valence-corrected chi connectivity index (χ4v) is 3.22. The van der Waals surface area contributed by atoms with Gasteiger partial charge < -0.3 is 10.1 Å². The monoisotopic (exact) mass is 304 g/mol. The first-order chi connectivity index (χ1) is 10.0. The molecule has 4 nitrogen and oxygen atoms in total. The van der Waals surface area contributed by atoms with Gasteiger partial charge in [-0.05, 0) is 51.5 Å². The van der Waals surface area contributed by atoms with Crippen LogP contribution >= 0.6 is 11.3 Å². The van der Waals surface area contributed by atoms with Gasteiger partial charge in [0.05, 0.1) is 18.2 Å². The van der Waals surface area contributed by atoms with Crippen molar-refractivity contribution in [2.75, 3.05) is 11.9 Å². The molecule has 0 aliphatic carbocycles. The summed E-state index contributed by atoms with van der Waals surface area (Å²) in [5, 5.41) is 3.35. The topological polar surface area (TPSA) is 51.2 Å². The van der Waals surface area contributed by atoms with Crippen molar-refractivity contribution < 1.29 is 9.53 Å². The predicted octanol–water partition coefficient (Wildman–Crippen LogP) is 4.11. The smallest absolute Gasteiger partial charge is 0.339 e. The van der Waals surface area contributed by atoms with Crippen LogP contribution in [0.1, 0.15) is 45.6 Å². The van der Waals surface area contributed by atoms with Gasteiger partial charge in [-0.2, -0.15) is 0 Å². The molecule has 21 heavy (non-hydrogen) atoms. The Kier molecular flexibility index (Phi) is 4.96. The summed E-state index contributed by atoms with van der Waals surface area (Å²) in [6.07, 6.45) is 1.54. The van der Waals surface area contributed by atoms with Crippen LogP contribution in [0.25, 0.3) is 0 Å². The van der Waals surface area contributed by atoms with Gasteiger partial charge in [0, 0.05) is 16.0 Å². The fraction of sp³-hybridized carbons (Fsp3) is 0.375. The Morgan fingerprint density at radius 1 is 1.43 bits per heavy atom. The van der Waals surface area contributed by atoms with Crippen LogP contribution < -0.4 is 5.32 Å². The highest BCUT2D eigenvalue weighted by molar-refractivity contribution is 7.12. The Morgan fingerprint density at radius 3 is 2.71 bits per heavy atom. The van der Waals surface area contributed by atoms with Gasteiger partial charge in [0.1, 0.15) is 5.82 Å². The van der Waals surface area contributed by atoms with Crippen LogP contribution in [0.4, 0.5) is 5.82 Å². The molecule has 0 bridgehead atoms. The first-order valence-electron chi connectivity index (χ1n) is 6.98. The van der Waals surface area contributed by atoms with Gasteiger partial charge in [-0.1, -0.05) is 0 Å². The zero-order valence-corrected chi connectivity index (χ0v) is 13.6. The number of ether oxygens (including phenoxy) is 1. The van der Waals surface area contributed by atoms with Crippen molar-refractivity contribution in [3.05, 3.63) is 45.3 Å². The Morgan fingerprint density at radius 2 is 2.19 bits per heavy atom. The van der Waals surface area contributed by atoms with Gasteiger partial charge in [-0.15, -0.1) is 11.3 Å². The van der Waals surface area contributed by atoms with E-state index in [4.69, 9.17) is 4.74 Å². The number of esters is 1. The first kappa shape index (κ1) is 15.5. The molecule has 0 saturated heterocycles. The maximum Gasteiger partial charge on any atom is 0.339 e. The van der Waals surface area contributed by atoms with E-state index in [1.165, 1.54) is 15.3 Å². The number of carbonyl (C=O) groups excluding carboxylic acids is 1. The van der Waals surface area contributed by atoms with Crippen LogP contribution in [0.2, 0.25) is 0 Å². The van der Waals surface area contributed by atoms with Crippen molar-refractivity contribution in [2.24, 2.45) is 0 Å². The molecule has 1 unspecified atom stereocenters. The summed E-state index contributed by atoms with van der Waals surface area (Å²) >= 11 is 1.80. The average molecular weight is 304 g/mol. The van der Waals surface area contributed by atoms with E-state index in [-0.39, 0.29) is 12.0 Å². The van der Waals surface area contributed by atoms with Crippen molar-refractivity contribution in [1.29, 1.82) is 0 Å². The normalized spacial score (nSPS) is 12.0. The van der Waals surface area contributed by atoms with E-state index in [2.05, 4.69) is 37.1 Å². The van der Waals surface area contributed by atoms with Crippen LogP contribution in [-0.4, -0.2) is 17.6 Å². The first-order valence-corrected chi connectivity index (χ1v) is 7.79. The minimum atomic E-state index is -0.339. The van der Waals surface area contributed by atoms with E-state index in [1.807, 2.05) is 0 Å². The Labute approximate surface area is 129 Å². The van der Waals surface area contributed by atoms with Crippen LogP contribution in [0.3, 0.4) is 0 Å². The zero-order valence-electron chi connectivity index (χ0n) is 12.8. The minimum Gasteiger partial charge on any atom is -0.462 e. The number of nitrogens with zero attached hydrogens (tertiary/aromatic N) is 1. The maximum atomic E-state index is 11.6. The highest BCUT2D eigenvalue weighted by Gasteiger charge is 2.12. The number of anilines is 1. The molecule has 0 radical (unpaired) electrons. The SMILES string of the molecule is CCOC(=O)c1ccc(NC(C)c2cc(C)sc2C)nc1. The summed E-state index contributed by atoms with van der Waals surface area (Å²) in [5.74, 6) is 0.410. The molecule has 1 atom stereocenters. The van der Waals surface area contributed by atoms with Crippen molar-refractivity contribution >= 4 is 23.1 Å². The Bertz CT molecular complexity index is 620.